The van der Waals surface area contributed by atoms with Crippen LogP contribution in [0.1, 0.15) is 24.8 Å². The molecule has 1 unspecified atom stereocenters. The summed E-state index contributed by atoms with van der Waals surface area (Å²) >= 11 is 0. The molecule has 0 spiro atoms. The van der Waals surface area contributed by atoms with Crippen molar-refractivity contribution in [2.45, 2.75) is 64.0 Å². The van der Waals surface area contributed by atoms with Gasteiger partial charge in [-0.1, -0.05) is 19.6 Å². The highest BCUT2D eigenvalue weighted by atomic mass is 28.3. The SMILES string of the molecule is C[Si](C)(C)CCOCn1ncc(N2CCC(COC3CC(C(=O)O)C3)C2)c(C(F)(F)F)c1=O. The number of carboxylic acid groups (broad SMARTS) is 1. The van der Waals surface area contributed by atoms with E-state index < -0.39 is 31.3 Å². The average Bonchev–Trinajstić information content (AvgIpc) is 3.11. The number of anilines is 1. The Bertz CT molecular complexity index is 897. The molecule has 1 atom stereocenters. The van der Waals surface area contributed by atoms with E-state index in [4.69, 9.17) is 14.6 Å². The largest absolute Gasteiger partial charge is 0.481 e. The number of alkyl halides is 3. The van der Waals surface area contributed by atoms with Crippen molar-refractivity contribution in [3.8, 4) is 0 Å². The molecule has 0 amide bonds. The smallest absolute Gasteiger partial charge is 0.423 e. The topological polar surface area (TPSA) is 93.9 Å². The highest BCUT2D eigenvalue weighted by Gasteiger charge is 2.41. The molecule has 1 saturated heterocycles. The zero-order valence-corrected chi connectivity index (χ0v) is 20.2. The molecule has 2 aliphatic rings. The van der Waals surface area contributed by atoms with E-state index in [0.29, 0.717) is 45.6 Å². The van der Waals surface area contributed by atoms with Crippen LogP contribution in [0.4, 0.5) is 18.9 Å². The van der Waals surface area contributed by atoms with Crippen LogP contribution in [0, 0.1) is 11.8 Å². The van der Waals surface area contributed by atoms with Crippen molar-refractivity contribution in [3.63, 3.8) is 0 Å². The third-order valence-electron chi connectivity index (χ3n) is 6.16. The van der Waals surface area contributed by atoms with Crippen LogP contribution in [0.25, 0.3) is 0 Å². The van der Waals surface area contributed by atoms with E-state index in [2.05, 4.69) is 24.7 Å². The van der Waals surface area contributed by atoms with Crippen molar-refractivity contribution < 1.29 is 32.5 Å². The summed E-state index contributed by atoms with van der Waals surface area (Å²) in [6.07, 6.45) is -2.29. The van der Waals surface area contributed by atoms with Gasteiger partial charge in [0.2, 0.25) is 0 Å². The lowest BCUT2D eigenvalue weighted by Gasteiger charge is -2.32. The molecule has 3 rings (SSSR count). The molecule has 8 nitrogen and oxygen atoms in total. The van der Waals surface area contributed by atoms with Crippen LogP contribution in [0.3, 0.4) is 0 Å². The Kier molecular flexibility index (Phi) is 7.90. The number of hydrogen-bond acceptors (Lipinski definition) is 6. The van der Waals surface area contributed by atoms with Gasteiger partial charge >= 0.3 is 12.1 Å². The summed E-state index contributed by atoms with van der Waals surface area (Å²) in [5.74, 6) is -1.20. The number of carboxylic acids is 1. The van der Waals surface area contributed by atoms with Crippen molar-refractivity contribution in [3.05, 3.63) is 22.1 Å². The van der Waals surface area contributed by atoms with Gasteiger partial charge in [-0.3, -0.25) is 9.59 Å². The summed E-state index contributed by atoms with van der Waals surface area (Å²) in [6.45, 7) is 7.55. The number of aromatic nitrogens is 2. The predicted octanol–water partition coefficient (Wildman–Crippen LogP) is 3.28. The molecule has 1 aromatic rings. The average molecular weight is 492 g/mol. The number of ether oxygens (including phenoxy) is 2. The van der Waals surface area contributed by atoms with Gasteiger partial charge in [-0.05, 0) is 25.3 Å². The third kappa shape index (κ3) is 6.79. The third-order valence-corrected chi connectivity index (χ3v) is 7.86. The monoisotopic (exact) mass is 491 g/mol. The molecule has 12 heteroatoms. The van der Waals surface area contributed by atoms with E-state index in [1.165, 1.54) is 4.90 Å². The first-order valence-electron chi connectivity index (χ1n) is 11.2. The lowest BCUT2D eigenvalue weighted by atomic mass is 9.82. The predicted molar refractivity (Wildman–Crippen MR) is 118 cm³/mol. The van der Waals surface area contributed by atoms with Gasteiger partial charge in [0.25, 0.3) is 5.56 Å². The molecule has 1 aromatic heterocycles. The van der Waals surface area contributed by atoms with Crippen LogP contribution in [0.5, 0.6) is 0 Å². The first kappa shape index (κ1) is 25.7. The zero-order valence-electron chi connectivity index (χ0n) is 19.2. The minimum atomic E-state index is -4.82. The number of rotatable bonds is 10. The highest BCUT2D eigenvalue weighted by molar-refractivity contribution is 6.76. The summed E-state index contributed by atoms with van der Waals surface area (Å²) in [7, 11) is -1.36. The molecule has 1 saturated carbocycles. The van der Waals surface area contributed by atoms with E-state index in [0.717, 1.165) is 16.9 Å². The van der Waals surface area contributed by atoms with Crippen LogP contribution in [-0.4, -0.2) is 61.3 Å². The van der Waals surface area contributed by atoms with E-state index >= 15 is 0 Å². The second kappa shape index (κ2) is 10.1. The second-order valence-corrected chi connectivity index (χ2v) is 15.7. The Balaban J connectivity index is 1.62. The van der Waals surface area contributed by atoms with Gasteiger partial charge in [0.15, 0.2) is 0 Å². The Morgan fingerprint density at radius 2 is 2.00 bits per heavy atom. The normalized spacial score (nSPS) is 23.6. The molecule has 0 radical (unpaired) electrons. The number of hydrogen-bond donors (Lipinski definition) is 1. The molecule has 1 N–H and O–H groups in total. The Labute approximate surface area is 191 Å². The van der Waals surface area contributed by atoms with Crippen molar-refractivity contribution in [2.75, 3.05) is 31.2 Å². The maximum absolute atomic E-state index is 13.8. The van der Waals surface area contributed by atoms with Crippen molar-refractivity contribution >= 4 is 19.7 Å². The minimum absolute atomic E-state index is 0.00212. The lowest BCUT2D eigenvalue weighted by Crippen LogP contribution is -2.37. The van der Waals surface area contributed by atoms with Crippen LogP contribution < -0.4 is 10.5 Å². The number of halogens is 3. The summed E-state index contributed by atoms with van der Waals surface area (Å²) in [4.78, 5) is 25.0. The van der Waals surface area contributed by atoms with Gasteiger partial charge in [-0.15, -0.1) is 0 Å². The Hall–Kier alpha value is -1.92. The molecule has 0 bridgehead atoms. The van der Waals surface area contributed by atoms with Gasteiger partial charge < -0.3 is 19.5 Å². The quantitative estimate of drug-likeness (QED) is 0.397. The fraction of sp³-hybridized carbons (Fsp3) is 0.762. The van der Waals surface area contributed by atoms with Gasteiger partial charge in [-0.2, -0.15) is 18.3 Å². The van der Waals surface area contributed by atoms with Crippen molar-refractivity contribution in [1.82, 2.24) is 9.78 Å². The molecule has 2 heterocycles. The van der Waals surface area contributed by atoms with Gasteiger partial charge in [0.1, 0.15) is 12.3 Å². The molecule has 2 fully saturated rings. The summed E-state index contributed by atoms with van der Waals surface area (Å²) < 4.78 is 53.3. The Morgan fingerprint density at radius 3 is 2.61 bits per heavy atom. The lowest BCUT2D eigenvalue weighted by molar-refractivity contribution is -0.151. The molecule has 33 heavy (non-hydrogen) atoms. The van der Waals surface area contributed by atoms with E-state index in [9.17, 15) is 22.8 Å². The number of carbonyl (C=O) groups is 1. The fourth-order valence-corrected chi connectivity index (χ4v) is 4.73. The van der Waals surface area contributed by atoms with Crippen molar-refractivity contribution in [1.29, 1.82) is 0 Å². The van der Waals surface area contributed by atoms with Gasteiger partial charge in [0.05, 0.1) is 30.5 Å². The van der Waals surface area contributed by atoms with E-state index in [1.54, 1.807) is 0 Å². The first-order chi connectivity index (χ1) is 15.3. The maximum Gasteiger partial charge on any atom is 0.423 e. The molecular formula is C21H32F3N3O5Si. The summed E-state index contributed by atoms with van der Waals surface area (Å²) in [6, 6.07) is 0.834. The molecule has 0 aromatic carbocycles. The minimum Gasteiger partial charge on any atom is -0.481 e. The van der Waals surface area contributed by atoms with Crippen molar-refractivity contribution in [2.24, 2.45) is 11.8 Å². The zero-order chi connectivity index (χ0) is 24.4. The van der Waals surface area contributed by atoms with Crippen LogP contribution in [0.2, 0.25) is 25.7 Å². The second-order valence-electron chi connectivity index (χ2n) is 10.1. The molecular weight excluding hydrogens is 459 g/mol. The van der Waals surface area contributed by atoms with E-state index in [1.807, 2.05) is 0 Å². The maximum atomic E-state index is 13.8. The Morgan fingerprint density at radius 1 is 1.30 bits per heavy atom. The standard InChI is InChI=1S/C21H32F3N3O5Si/c1-33(2,3)7-6-31-13-27-19(28)18(21(22,23)24)17(10-25-27)26-5-4-14(11-26)12-32-16-8-15(9-16)20(29)30/h10,14-16H,4-9,11-13H2,1-3H3,(H,29,30). The highest BCUT2D eigenvalue weighted by Crippen LogP contribution is 2.36. The van der Waals surface area contributed by atoms with Gasteiger partial charge in [-0.25, -0.2) is 4.68 Å². The van der Waals surface area contributed by atoms with Crippen LogP contribution >= 0.6 is 0 Å². The molecule has 1 aliphatic heterocycles. The van der Waals surface area contributed by atoms with Gasteiger partial charge in [0, 0.05) is 33.7 Å². The molecule has 186 valence electrons. The fourth-order valence-electron chi connectivity index (χ4n) is 3.97. The van der Waals surface area contributed by atoms with Crippen LogP contribution in [0.15, 0.2) is 11.0 Å². The summed E-state index contributed by atoms with van der Waals surface area (Å²) in [5.41, 5.74) is -2.65. The number of nitrogens with zero attached hydrogens (tertiary/aromatic N) is 3. The molecule has 1 aliphatic carbocycles. The van der Waals surface area contributed by atoms with E-state index in [-0.39, 0.29) is 30.4 Å². The van der Waals surface area contributed by atoms with Crippen LogP contribution in [-0.2, 0) is 27.2 Å². The first-order valence-corrected chi connectivity index (χ1v) is 14.9. The summed E-state index contributed by atoms with van der Waals surface area (Å²) in [5, 5.41) is 12.9. The number of aliphatic carboxylic acids is 1.